The number of nitrogens with zero attached hydrogens (tertiary/aromatic N) is 3. The molecule has 0 aliphatic carbocycles. The number of carbonyl (C=O) groups is 2. The summed E-state index contributed by atoms with van der Waals surface area (Å²) in [6.07, 6.45) is 0. The van der Waals surface area contributed by atoms with Gasteiger partial charge in [0.2, 0.25) is 15.9 Å². The van der Waals surface area contributed by atoms with Crippen LogP contribution in [0.15, 0.2) is 63.7 Å². The molecule has 0 saturated heterocycles. The molecule has 11 heteroatoms. The van der Waals surface area contributed by atoms with Gasteiger partial charge in [0.15, 0.2) is 5.69 Å². The Morgan fingerprint density at radius 2 is 1.80 bits per heavy atom. The highest BCUT2D eigenvalue weighted by Crippen LogP contribution is 2.38. The quantitative estimate of drug-likeness (QED) is 0.452. The topological polar surface area (TPSA) is 153 Å². The van der Waals surface area contributed by atoms with Crippen LogP contribution in [0.2, 0.25) is 0 Å². The molecule has 1 amide bonds. The van der Waals surface area contributed by atoms with Crippen LogP contribution in [0.1, 0.15) is 17.3 Å². The third-order valence-corrected chi connectivity index (χ3v) is 5.11. The molecule has 0 unspecified atom stereocenters. The number of aromatic nitrogens is 1. The van der Waals surface area contributed by atoms with Crippen LogP contribution >= 0.6 is 0 Å². The van der Waals surface area contributed by atoms with Gasteiger partial charge in [-0.15, -0.1) is 10.2 Å². The summed E-state index contributed by atoms with van der Waals surface area (Å²) in [6.45, 7) is 1.63. The van der Waals surface area contributed by atoms with E-state index < -0.39 is 21.9 Å². The fraction of sp³-hybridized carbons (Fsp3) is 0.158. The van der Waals surface area contributed by atoms with Crippen LogP contribution in [-0.2, 0) is 26.1 Å². The van der Waals surface area contributed by atoms with Crippen molar-refractivity contribution in [1.82, 2.24) is 4.57 Å². The average Bonchev–Trinajstić information content (AvgIpc) is 2.97. The number of hydrogen-bond donors (Lipinski definition) is 2. The number of para-hydroxylation sites is 1. The highest BCUT2D eigenvalue weighted by Gasteiger charge is 2.19. The normalized spacial score (nSPS) is 11.8. The molecule has 0 spiro atoms. The van der Waals surface area contributed by atoms with Crippen molar-refractivity contribution in [3.8, 4) is 5.88 Å². The van der Waals surface area contributed by atoms with Gasteiger partial charge in [0, 0.05) is 10.9 Å². The number of amides is 1. The second-order valence-electron chi connectivity index (χ2n) is 6.16. The fourth-order valence-corrected chi connectivity index (χ4v) is 3.32. The Labute approximate surface area is 171 Å². The van der Waals surface area contributed by atoms with Crippen LogP contribution in [0, 0.1) is 0 Å². The van der Waals surface area contributed by atoms with Crippen LogP contribution < -0.4 is 5.14 Å². The maximum Gasteiger partial charge on any atom is 0.326 e. The van der Waals surface area contributed by atoms with Crippen molar-refractivity contribution in [3.63, 3.8) is 0 Å². The van der Waals surface area contributed by atoms with Crippen LogP contribution in [-0.4, -0.2) is 36.6 Å². The summed E-state index contributed by atoms with van der Waals surface area (Å²) in [4.78, 5) is 24.0. The molecule has 0 atom stereocenters. The molecule has 1 heterocycles. The number of esters is 1. The first-order valence-electron chi connectivity index (χ1n) is 8.77. The lowest BCUT2D eigenvalue weighted by atomic mass is 10.2. The highest BCUT2D eigenvalue weighted by molar-refractivity contribution is 7.89. The molecule has 0 bridgehead atoms. The van der Waals surface area contributed by atoms with E-state index in [0.29, 0.717) is 10.9 Å². The monoisotopic (exact) mass is 430 g/mol. The van der Waals surface area contributed by atoms with Gasteiger partial charge in [-0.3, -0.25) is 14.2 Å². The molecule has 3 rings (SSSR count). The molecular formula is C19H18N4O6S. The van der Waals surface area contributed by atoms with Crippen molar-refractivity contribution in [2.24, 2.45) is 15.4 Å². The number of carbonyl (C=O) groups excluding carboxylic acids is 2. The molecule has 0 radical (unpaired) electrons. The van der Waals surface area contributed by atoms with Gasteiger partial charge in [-0.1, -0.05) is 18.2 Å². The SMILES string of the molecule is CCOC(=O)Cn1c(O)c(N=NC(=O)c2ccc(S(N)(=O)=O)cc2)c2ccccc21. The summed E-state index contributed by atoms with van der Waals surface area (Å²) < 4.78 is 28.8. The Morgan fingerprint density at radius 3 is 2.43 bits per heavy atom. The molecule has 3 N–H and O–H groups in total. The molecule has 2 aromatic carbocycles. The van der Waals surface area contributed by atoms with E-state index in [1.165, 1.54) is 28.8 Å². The van der Waals surface area contributed by atoms with Crippen LogP contribution in [0.25, 0.3) is 10.9 Å². The van der Waals surface area contributed by atoms with Crippen molar-refractivity contribution in [2.45, 2.75) is 18.4 Å². The number of hydrogen-bond acceptors (Lipinski definition) is 7. The van der Waals surface area contributed by atoms with E-state index in [1.54, 1.807) is 31.2 Å². The standard InChI is InChI=1S/C19H18N4O6S/c1-2-29-16(24)11-23-15-6-4-3-5-14(15)17(19(23)26)21-22-18(25)12-7-9-13(10-8-12)30(20,27)28/h3-10,26H,2,11H2,1H3,(H2,20,27,28). The predicted molar refractivity (Wildman–Crippen MR) is 107 cm³/mol. The zero-order valence-electron chi connectivity index (χ0n) is 15.8. The average molecular weight is 430 g/mol. The van der Waals surface area contributed by atoms with Gasteiger partial charge in [-0.2, -0.15) is 0 Å². The second kappa shape index (κ2) is 8.43. The molecule has 3 aromatic rings. The molecule has 0 aliphatic heterocycles. The lowest BCUT2D eigenvalue weighted by Gasteiger charge is -2.06. The van der Waals surface area contributed by atoms with Gasteiger partial charge in [0.05, 0.1) is 17.0 Å². The predicted octanol–water partition coefficient (Wildman–Crippen LogP) is 2.48. The summed E-state index contributed by atoms with van der Waals surface area (Å²) >= 11 is 0. The molecular weight excluding hydrogens is 412 g/mol. The van der Waals surface area contributed by atoms with Gasteiger partial charge in [-0.05, 0) is 37.3 Å². The van der Waals surface area contributed by atoms with E-state index in [0.717, 1.165) is 0 Å². The summed E-state index contributed by atoms with van der Waals surface area (Å²) in [6, 6.07) is 11.7. The second-order valence-corrected chi connectivity index (χ2v) is 7.72. The van der Waals surface area contributed by atoms with Crippen molar-refractivity contribution in [1.29, 1.82) is 0 Å². The maximum absolute atomic E-state index is 12.3. The minimum Gasteiger partial charge on any atom is -0.493 e. The number of rotatable bonds is 6. The third-order valence-electron chi connectivity index (χ3n) is 4.18. The maximum atomic E-state index is 12.3. The number of sulfonamides is 1. The number of nitrogens with two attached hydrogens (primary N) is 1. The van der Waals surface area contributed by atoms with Gasteiger partial charge in [0.25, 0.3) is 5.91 Å². The molecule has 0 saturated carbocycles. The van der Waals surface area contributed by atoms with Crippen molar-refractivity contribution in [3.05, 3.63) is 54.1 Å². The van der Waals surface area contributed by atoms with Gasteiger partial charge in [-0.25, -0.2) is 13.6 Å². The van der Waals surface area contributed by atoms with E-state index in [4.69, 9.17) is 9.88 Å². The first kappa shape index (κ1) is 21.1. The zero-order chi connectivity index (χ0) is 21.9. The number of fused-ring (bicyclic) bond motifs is 1. The van der Waals surface area contributed by atoms with Gasteiger partial charge < -0.3 is 9.84 Å². The fourth-order valence-electron chi connectivity index (χ4n) is 2.81. The first-order valence-corrected chi connectivity index (χ1v) is 10.3. The summed E-state index contributed by atoms with van der Waals surface area (Å²) in [5, 5.41) is 23.5. The molecule has 0 aliphatic rings. The largest absolute Gasteiger partial charge is 0.493 e. The van der Waals surface area contributed by atoms with Crippen LogP contribution in [0.5, 0.6) is 5.88 Å². The Bertz CT molecular complexity index is 1250. The highest BCUT2D eigenvalue weighted by atomic mass is 32.2. The lowest BCUT2D eigenvalue weighted by molar-refractivity contribution is -0.143. The van der Waals surface area contributed by atoms with Crippen molar-refractivity contribution >= 4 is 38.5 Å². The number of primary sulfonamides is 1. The molecule has 0 fully saturated rings. The Kier molecular flexibility index (Phi) is 5.94. The Balaban J connectivity index is 1.93. The number of ether oxygens (including phenoxy) is 1. The lowest BCUT2D eigenvalue weighted by Crippen LogP contribution is -2.12. The molecule has 10 nitrogen and oxygen atoms in total. The van der Waals surface area contributed by atoms with Gasteiger partial charge >= 0.3 is 5.97 Å². The van der Waals surface area contributed by atoms with Gasteiger partial charge in [0.1, 0.15) is 6.54 Å². The number of aromatic hydroxyl groups is 1. The molecule has 30 heavy (non-hydrogen) atoms. The van der Waals surface area contributed by atoms with E-state index in [2.05, 4.69) is 10.2 Å². The minimum absolute atomic E-state index is 0.0180. The first-order chi connectivity index (χ1) is 14.2. The number of benzene rings is 2. The van der Waals surface area contributed by atoms with E-state index in [-0.39, 0.29) is 35.2 Å². The summed E-state index contributed by atoms with van der Waals surface area (Å²) in [5.74, 6) is -1.63. The van der Waals surface area contributed by atoms with E-state index in [9.17, 15) is 23.1 Å². The minimum atomic E-state index is -3.88. The third kappa shape index (κ3) is 4.36. The smallest absolute Gasteiger partial charge is 0.326 e. The number of azo groups is 1. The molecule has 1 aromatic heterocycles. The Hall–Kier alpha value is -3.57. The zero-order valence-corrected chi connectivity index (χ0v) is 16.7. The van der Waals surface area contributed by atoms with E-state index >= 15 is 0 Å². The Morgan fingerprint density at radius 1 is 1.13 bits per heavy atom. The van der Waals surface area contributed by atoms with Crippen molar-refractivity contribution < 1.29 is 27.9 Å². The summed E-state index contributed by atoms with van der Waals surface area (Å²) in [7, 11) is -3.88. The molecule has 156 valence electrons. The van der Waals surface area contributed by atoms with E-state index in [1.807, 2.05) is 0 Å². The summed E-state index contributed by atoms with van der Waals surface area (Å²) in [5.41, 5.74) is 0.618. The van der Waals surface area contributed by atoms with Crippen LogP contribution in [0.3, 0.4) is 0 Å². The van der Waals surface area contributed by atoms with Crippen molar-refractivity contribution in [2.75, 3.05) is 6.61 Å². The van der Waals surface area contributed by atoms with Crippen LogP contribution in [0.4, 0.5) is 5.69 Å².